The number of nitrogens with zero attached hydrogens (tertiary/aromatic N) is 1. The second-order valence-electron chi connectivity index (χ2n) is 5.10. The number of nitrogens with one attached hydrogen (secondary N) is 2. The molecule has 0 saturated carbocycles. The number of fused-ring (bicyclic) bond motifs is 1. The molecular weight excluding hydrogens is 266 g/mol. The van der Waals surface area contributed by atoms with Gasteiger partial charge in [-0.1, -0.05) is 11.2 Å². The Labute approximate surface area is 122 Å². The lowest BCUT2D eigenvalue weighted by atomic mass is 10.1. The van der Waals surface area contributed by atoms with E-state index in [-0.39, 0.29) is 5.91 Å². The average molecular weight is 283 g/mol. The van der Waals surface area contributed by atoms with Gasteiger partial charge in [0.15, 0.2) is 0 Å². The van der Waals surface area contributed by atoms with E-state index in [1.54, 1.807) is 0 Å². The molecule has 21 heavy (non-hydrogen) atoms. The van der Waals surface area contributed by atoms with Gasteiger partial charge in [-0.3, -0.25) is 4.79 Å². The highest BCUT2D eigenvalue weighted by Gasteiger charge is 2.12. The van der Waals surface area contributed by atoms with E-state index in [1.165, 1.54) is 0 Å². The van der Waals surface area contributed by atoms with E-state index in [0.29, 0.717) is 12.8 Å². The Balaban J connectivity index is 1.68. The molecule has 5 heteroatoms. The summed E-state index contributed by atoms with van der Waals surface area (Å²) in [6, 6.07) is 7.76. The third-order valence-electron chi connectivity index (χ3n) is 3.65. The van der Waals surface area contributed by atoms with Gasteiger partial charge in [-0.05, 0) is 38.5 Å². The van der Waals surface area contributed by atoms with Gasteiger partial charge in [0.05, 0.1) is 11.4 Å². The molecule has 0 aliphatic heterocycles. The number of anilines is 1. The highest BCUT2D eigenvalue weighted by Crippen LogP contribution is 2.22. The minimum atomic E-state index is -0.0105. The highest BCUT2D eigenvalue weighted by atomic mass is 16.5. The molecule has 0 fully saturated rings. The molecule has 1 amide bonds. The first-order chi connectivity index (χ1) is 10.1. The molecule has 0 aliphatic rings. The van der Waals surface area contributed by atoms with Crippen molar-refractivity contribution in [3.05, 3.63) is 47.5 Å². The van der Waals surface area contributed by atoms with Crippen LogP contribution in [0.1, 0.15) is 23.4 Å². The minimum Gasteiger partial charge on any atom is -0.361 e. The first-order valence-corrected chi connectivity index (χ1v) is 6.93. The number of rotatable bonds is 4. The summed E-state index contributed by atoms with van der Waals surface area (Å²) in [5, 5.41) is 7.88. The number of aromatic amines is 1. The summed E-state index contributed by atoms with van der Waals surface area (Å²) in [7, 11) is 0. The van der Waals surface area contributed by atoms with Gasteiger partial charge in [0.25, 0.3) is 0 Å². The molecule has 0 saturated heterocycles. The number of carbonyl (C=O) groups is 1. The van der Waals surface area contributed by atoms with Gasteiger partial charge in [-0.25, -0.2) is 0 Å². The van der Waals surface area contributed by atoms with Crippen molar-refractivity contribution in [2.45, 2.75) is 26.7 Å². The van der Waals surface area contributed by atoms with Gasteiger partial charge in [0.2, 0.25) is 5.91 Å². The molecule has 2 N–H and O–H groups in total. The van der Waals surface area contributed by atoms with Gasteiger partial charge in [0, 0.05) is 29.1 Å². The molecule has 0 spiro atoms. The Kier molecular flexibility index (Phi) is 3.48. The molecule has 1 aromatic carbocycles. The Hall–Kier alpha value is -2.56. The largest absolute Gasteiger partial charge is 0.361 e. The minimum absolute atomic E-state index is 0.0105. The van der Waals surface area contributed by atoms with E-state index in [4.69, 9.17) is 4.52 Å². The van der Waals surface area contributed by atoms with Crippen molar-refractivity contribution >= 4 is 22.5 Å². The number of carbonyl (C=O) groups excluding carboxylic acids is 1. The summed E-state index contributed by atoms with van der Waals surface area (Å²) < 4.78 is 5.11. The van der Waals surface area contributed by atoms with Crippen molar-refractivity contribution in [1.82, 2.24) is 10.1 Å². The fraction of sp³-hybridized carbons (Fsp3) is 0.250. The van der Waals surface area contributed by atoms with Crippen molar-refractivity contribution in [3.63, 3.8) is 0 Å². The third-order valence-corrected chi connectivity index (χ3v) is 3.65. The van der Waals surface area contributed by atoms with Gasteiger partial charge >= 0.3 is 0 Å². The topological polar surface area (TPSA) is 70.9 Å². The molecule has 108 valence electrons. The zero-order valence-corrected chi connectivity index (χ0v) is 12.1. The standard InChI is InChI=1S/C16H17N3O2/c1-10-12(11(2)21-19-10)6-7-16(20)18-15-5-3-4-14-13(15)8-9-17-14/h3-5,8-9,17H,6-7H2,1-2H3,(H,18,20). The summed E-state index contributed by atoms with van der Waals surface area (Å²) in [4.78, 5) is 15.3. The number of amides is 1. The zero-order chi connectivity index (χ0) is 14.8. The van der Waals surface area contributed by atoms with E-state index in [2.05, 4.69) is 15.5 Å². The van der Waals surface area contributed by atoms with Crippen LogP contribution in [0.4, 0.5) is 5.69 Å². The summed E-state index contributed by atoms with van der Waals surface area (Å²) in [5.41, 5.74) is 3.72. The monoisotopic (exact) mass is 283 g/mol. The van der Waals surface area contributed by atoms with Crippen molar-refractivity contribution < 1.29 is 9.32 Å². The average Bonchev–Trinajstić information content (AvgIpc) is 3.05. The van der Waals surface area contributed by atoms with Crippen LogP contribution in [0.25, 0.3) is 10.9 Å². The van der Waals surface area contributed by atoms with E-state index in [0.717, 1.165) is 33.6 Å². The lowest BCUT2D eigenvalue weighted by Crippen LogP contribution is -2.12. The van der Waals surface area contributed by atoms with E-state index in [9.17, 15) is 4.79 Å². The predicted octanol–water partition coefficient (Wildman–Crippen LogP) is 3.34. The fourth-order valence-electron chi connectivity index (χ4n) is 2.50. The Bertz CT molecular complexity index is 766. The predicted molar refractivity (Wildman–Crippen MR) is 81.2 cm³/mol. The van der Waals surface area contributed by atoms with Crippen molar-refractivity contribution in [1.29, 1.82) is 0 Å². The van der Waals surface area contributed by atoms with E-state index >= 15 is 0 Å². The van der Waals surface area contributed by atoms with Crippen LogP contribution in [0.5, 0.6) is 0 Å². The van der Waals surface area contributed by atoms with Crippen LogP contribution < -0.4 is 5.32 Å². The van der Waals surface area contributed by atoms with Crippen LogP contribution in [0.15, 0.2) is 35.0 Å². The summed E-state index contributed by atoms with van der Waals surface area (Å²) in [6.07, 6.45) is 2.91. The highest BCUT2D eigenvalue weighted by molar-refractivity contribution is 6.01. The van der Waals surface area contributed by atoms with Crippen LogP contribution in [0, 0.1) is 13.8 Å². The maximum absolute atomic E-state index is 12.1. The van der Waals surface area contributed by atoms with E-state index in [1.807, 2.05) is 44.3 Å². The molecule has 0 aliphatic carbocycles. The smallest absolute Gasteiger partial charge is 0.224 e. The molecule has 3 rings (SSSR count). The fourth-order valence-corrected chi connectivity index (χ4v) is 2.50. The second-order valence-corrected chi connectivity index (χ2v) is 5.10. The second kappa shape index (κ2) is 5.44. The van der Waals surface area contributed by atoms with Crippen LogP contribution in [-0.2, 0) is 11.2 Å². The molecule has 5 nitrogen and oxygen atoms in total. The SMILES string of the molecule is Cc1noc(C)c1CCC(=O)Nc1cccc2[nH]ccc12. The van der Waals surface area contributed by atoms with Crippen molar-refractivity contribution in [2.24, 2.45) is 0 Å². The lowest BCUT2D eigenvalue weighted by molar-refractivity contribution is -0.116. The van der Waals surface area contributed by atoms with Gasteiger partial charge in [0.1, 0.15) is 5.76 Å². The van der Waals surface area contributed by atoms with Crippen LogP contribution in [0.2, 0.25) is 0 Å². The maximum Gasteiger partial charge on any atom is 0.224 e. The van der Waals surface area contributed by atoms with Crippen LogP contribution >= 0.6 is 0 Å². The summed E-state index contributed by atoms with van der Waals surface area (Å²) in [5.74, 6) is 0.775. The number of hydrogen-bond acceptors (Lipinski definition) is 3. The molecular formula is C16H17N3O2. The molecule has 0 atom stereocenters. The quantitative estimate of drug-likeness (QED) is 0.771. The third kappa shape index (κ3) is 2.67. The van der Waals surface area contributed by atoms with Gasteiger partial charge in [-0.2, -0.15) is 0 Å². The van der Waals surface area contributed by atoms with Crippen LogP contribution in [-0.4, -0.2) is 16.0 Å². The number of H-pyrrole nitrogens is 1. The number of aryl methyl sites for hydroxylation is 2. The molecule has 2 heterocycles. The Morgan fingerprint density at radius 3 is 2.95 bits per heavy atom. The molecule has 3 aromatic rings. The summed E-state index contributed by atoms with van der Waals surface area (Å²) in [6.45, 7) is 3.76. The first-order valence-electron chi connectivity index (χ1n) is 6.93. The molecule has 0 unspecified atom stereocenters. The lowest BCUT2D eigenvalue weighted by Gasteiger charge is -2.06. The van der Waals surface area contributed by atoms with Crippen LogP contribution in [0.3, 0.4) is 0 Å². The molecule has 2 aromatic heterocycles. The zero-order valence-electron chi connectivity index (χ0n) is 12.1. The number of aromatic nitrogens is 2. The van der Waals surface area contributed by atoms with Crippen molar-refractivity contribution in [3.8, 4) is 0 Å². The molecule has 0 bridgehead atoms. The Morgan fingerprint density at radius 2 is 2.19 bits per heavy atom. The Morgan fingerprint density at radius 1 is 1.33 bits per heavy atom. The normalized spacial score (nSPS) is 11.0. The number of hydrogen-bond donors (Lipinski definition) is 2. The van der Waals surface area contributed by atoms with Gasteiger partial charge < -0.3 is 14.8 Å². The first kappa shape index (κ1) is 13.4. The van der Waals surface area contributed by atoms with Crippen molar-refractivity contribution in [2.75, 3.05) is 5.32 Å². The molecule has 0 radical (unpaired) electrons. The maximum atomic E-state index is 12.1. The van der Waals surface area contributed by atoms with E-state index < -0.39 is 0 Å². The number of benzene rings is 1. The summed E-state index contributed by atoms with van der Waals surface area (Å²) >= 11 is 0. The van der Waals surface area contributed by atoms with Gasteiger partial charge in [-0.15, -0.1) is 0 Å².